The number of anilines is 1. The van der Waals surface area contributed by atoms with Crippen molar-refractivity contribution in [2.45, 2.75) is 23.8 Å². The zero-order valence-corrected chi connectivity index (χ0v) is 13.4. The molecule has 1 fully saturated rings. The van der Waals surface area contributed by atoms with Crippen molar-refractivity contribution in [3.63, 3.8) is 0 Å². The van der Waals surface area contributed by atoms with Gasteiger partial charge < -0.3 is 4.72 Å². The summed E-state index contributed by atoms with van der Waals surface area (Å²) in [6.07, 6.45) is 6.13. The highest BCUT2D eigenvalue weighted by Crippen LogP contribution is 2.44. The van der Waals surface area contributed by atoms with Gasteiger partial charge in [-0.2, -0.15) is 0 Å². The Morgan fingerprint density at radius 1 is 1.05 bits per heavy atom. The number of pyridine rings is 2. The lowest BCUT2D eigenvalue weighted by molar-refractivity contribution is 0.986. The predicted molar refractivity (Wildman–Crippen MR) is 92.4 cm³/mol. The Hall–Kier alpha value is -1.78. The molecule has 1 saturated carbocycles. The van der Waals surface area contributed by atoms with Crippen molar-refractivity contribution in [1.29, 1.82) is 0 Å². The Labute approximate surface area is 138 Å². The molecule has 0 spiro atoms. The van der Waals surface area contributed by atoms with Gasteiger partial charge in [-0.15, -0.1) is 0 Å². The summed E-state index contributed by atoms with van der Waals surface area (Å²) in [7, 11) is 0. The lowest BCUT2D eigenvalue weighted by atomic mass is 10.2. The average Bonchev–Trinajstić information content (AvgIpc) is 3.39. The summed E-state index contributed by atoms with van der Waals surface area (Å²) in [4.78, 5) is 8.95. The molecule has 0 unspecified atom stereocenters. The van der Waals surface area contributed by atoms with Crippen molar-refractivity contribution in [1.82, 2.24) is 9.97 Å². The first kappa shape index (κ1) is 13.9. The van der Waals surface area contributed by atoms with E-state index in [1.54, 1.807) is 6.20 Å². The first-order valence-electron chi connectivity index (χ1n) is 7.24. The summed E-state index contributed by atoms with van der Waals surface area (Å²) in [6.45, 7) is 0. The van der Waals surface area contributed by atoms with Gasteiger partial charge in [0.1, 0.15) is 5.03 Å². The number of rotatable bonds is 4. The van der Waals surface area contributed by atoms with Gasteiger partial charge >= 0.3 is 0 Å². The molecule has 3 nitrogen and oxygen atoms in total. The fourth-order valence-electron chi connectivity index (χ4n) is 2.51. The number of nitrogens with zero attached hydrogens (tertiary/aromatic N) is 2. The second-order valence-electron chi connectivity index (χ2n) is 5.37. The van der Waals surface area contributed by atoms with Crippen LogP contribution in [0.3, 0.4) is 0 Å². The molecule has 110 valence electrons. The van der Waals surface area contributed by atoms with Gasteiger partial charge in [0, 0.05) is 29.7 Å². The van der Waals surface area contributed by atoms with Crippen LogP contribution < -0.4 is 4.72 Å². The van der Waals surface area contributed by atoms with Crippen LogP contribution in [0.2, 0.25) is 5.02 Å². The van der Waals surface area contributed by atoms with E-state index >= 15 is 0 Å². The van der Waals surface area contributed by atoms with Gasteiger partial charge in [0.25, 0.3) is 0 Å². The fourth-order valence-corrected chi connectivity index (χ4v) is 3.64. The maximum atomic E-state index is 6.35. The van der Waals surface area contributed by atoms with Crippen molar-refractivity contribution < 1.29 is 0 Å². The summed E-state index contributed by atoms with van der Waals surface area (Å²) >= 11 is 7.86. The molecular weight excluding hydrogens is 314 g/mol. The molecule has 4 rings (SSSR count). The van der Waals surface area contributed by atoms with Crippen molar-refractivity contribution in [2.75, 3.05) is 4.72 Å². The van der Waals surface area contributed by atoms with Gasteiger partial charge in [0.15, 0.2) is 0 Å². The molecule has 2 aromatic heterocycles. The maximum absolute atomic E-state index is 6.35. The smallest absolute Gasteiger partial charge is 0.120 e. The first-order chi connectivity index (χ1) is 10.8. The molecule has 0 bridgehead atoms. The van der Waals surface area contributed by atoms with Crippen molar-refractivity contribution in [2.24, 2.45) is 0 Å². The second-order valence-corrected chi connectivity index (χ2v) is 6.58. The van der Waals surface area contributed by atoms with Gasteiger partial charge in [0.05, 0.1) is 16.2 Å². The molecular formula is C17H14ClN3S. The predicted octanol–water partition coefficient (Wildman–Crippen LogP) is 5.28. The van der Waals surface area contributed by atoms with Crippen LogP contribution in [-0.4, -0.2) is 9.97 Å². The van der Waals surface area contributed by atoms with E-state index in [2.05, 4.69) is 20.8 Å². The number of aromatic nitrogens is 2. The molecule has 1 aliphatic rings. The first-order valence-corrected chi connectivity index (χ1v) is 8.43. The summed E-state index contributed by atoms with van der Waals surface area (Å²) in [5.74, 6) is 0.666. The number of fused-ring (bicyclic) bond motifs is 1. The lowest BCUT2D eigenvalue weighted by Crippen LogP contribution is -1.95. The molecule has 22 heavy (non-hydrogen) atoms. The van der Waals surface area contributed by atoms with Crippen LogP contribution in [0.4, 0.5) is 5.69 Å². The molecule has 0 amide bonds. The highest BCUT2D eigenvalue weighted by Gasteiger charge is 2.26. The second kappa shape index (κ2) is 5.78. The van der Waals surface area contributed by atoms with Crippen molar-refractivity contribution in [3.8, 4) is 0 Å². The number of hydrogen-bond acceptors (Lipinski definition) is 4. The van der Waals surface area contributed by atoms with E-state index in [0.29, 0.717) is 10.9 Å². The standard InChI is InChI=1S/C17H14ClN3S/c18-14-8-7-12-3-1-9-19-15(12)16(14)21-22-17-13(11-5-6-11)4-2-10-20-17/h1-4,7-11,21H,5-6H2. The highest BCUT2D eigenvalue weighted by molar-refractivity contribution is 8.00. The van der Waals surface area contributed by atoms with Crippen LogP contribution in [0.15, 0.2) is 53.8 Å². The van der Waals surface area contributed by atoms with Gasteiger partial charge in [-0.25, -0.2) is 4.98 Å². The molecule has 0 atom stereocenters. The topological polar surface area (TPSA) is 37.8 Å². The third-order valence-electron chi connectivity index (χ3n) is 3.79. The summed E-state index contributed by atoms with van der Waals surface area (Å²) in [5, 5.41) is 2.76. The average molecular weight is 328 g/mol. The van der Waals surface area contributed by atoms with Crippen molar-refractivity contribution >= 4 is 40.1 Å². The Morgan fingerprint density at radius 3 is 2.73 bits per heavy atom. The molecule has 3 aromatic rings. The number of nitrogens with one attached hydrogen (secondary N) is 1. The highest BCUT2D eigenvalue weighted by atomic mass is 35.5. The molecule has 5 heteroatoms. The third-order valence-corrected chi connectivity index (χ3v) is 4.95. The summed E-state index contributed by atoms with van der Waals surface area (Å²) in [5.41, 5.74) is 3.05. The maximum Gasteiger partial charge on any atom is 0.120 e. The fraction of sp³-hybridized carbons (Fsp3) is 0.176. The summed E-state index contributed by atoms with van der Waals surface area (Å²) < 4.78 is 3.36. The molecule has 1 aromatic carbocycles. The normalized spacial score (nSPS) is 14.2. The third kappa shape index (κ3) is 2.64. The molecule has 0 saturated heterocycles. The minimum atomic E-state index is 0.666. The van der Waals surface area contributed by atoms with Crippen LogP contribution in [0.25, 0.3) is 10.9 Å². The van der Waals surface area contributed by atoms with Gasteiger partial charge in [0.2, 0.25) is 0 Å². The zero-order chi connectivity index (χ0) is 14.9. The van der Waals surface area contributed by atoms with Crippen LogP contribution >= 0.6 is 23.5 Å². The largest absolute Gasteiger partial charge is 0.321 e. The van der Waals surface area contributed by atoms with Crippen LogP contribution in [0.5, 0.6) is 0 Å². The van der Waals surface area contributed by atoms with E-state index < -0.39 is 0 Å². The minimum Gasteiger partial charge on any atom is -0.321 e. The molecule has 2 heterocycles. The van der Waals surface area contributed by atoms with Crippen LogP contribution in [-0.2, 0) is 0 Å². The Kier molecular flexibility index (Phi) is 3.64. The summed E-state index contributed by atoms with van der Waals surface area (Å²) in [6, 6.07) is 12.0. The minimum absolute atomic E-state index is 0.666. The number of halogens is 1. The van der Waals surface area contributed by atoms with E-state index in [0.717, 1.165) is 21.6 Å². The Bertz CT molecular complexity index is 833. The van der Waals surface area contributed by atoms with Gasteiger partial charge in [-0.1, -0.05) is 29.8 Å². The molecule has 0 aliphatic heterocycles. The molecule has 0 radical (unpaired) electrons. The van der Waals surface area contributed by atoms with E-state index in [-0.39, 0.29) is 0 Å². The van der Waals surface area contributed by atoms with Crippen molar-refractivity contribution in [3.05, 3.63) is 59.4 Å². The molecule has 1 aliphatic carbocycles. The van der Waals surface area contributed by atoms with E-state index in [4.69, 9.17) is 11.6 Å². The Balaban J connectivity index is 1.66. The zero-order valence-electron chi connectivity index (χ0n) is 11.8. The Morgan fingerprint density at radius 2 is 1.86 bits per heavy atom. The number of hydrogen-bond donors (Lipinski definition) is 1. The van der Waals surface area contributed by atoms with E-state index in [9.17, 15) is 0 Å². The number of benzene rings is 1. The van der Waals surface area contributed by atoms with Gasteiger partial charge in [-0.05, 0) is 42.5 Å². The van der Waals surface area contributed by atoms with E-state index in [1.165, 1.54) is 30.4 Å². The molecule has 1 N–H and O–H groups in total. The van der Waals surface area contributed by atoms with Crippen LogP contribution in [0, 0.1) is 0 Å². The lowest BCUT2D eigenvalue weighted by Gasteiger charge is -2.11. The van der Waals surface area contributed by atoms with Crippen LogP contribution in [0.1, 0.15) is 24.3 Å². The van der Waals surface area contributed by atoms with E-state index in [1.807, 2.05) is 36.5 Å². The monoisotopic (exact) mass is 327 g/mol. The quantitative estimate of drug-likeness (QED) is 0.661. The SMILES string of the molecule is Clc1ccc2cccnc2c1NSc1ncccc1C1CC1. The van der Waals surface area contributed by atoms with Gasteiger partial charge in [-0.3, -0.25) is 4.98 Å².